The van der Waals surface area contributed by atoms with E-state index in [9.17, 15) is 9.59 Å². The zero-order chi connectivity index (χ0) is 11.5. The predicted molar refractivity (Wildman–Crippen MR) is 53.7 cm³/mol. The highest BCUT2D eigenvalue weighted by molar-refractivity contribution is 5.86. The number of carboxylic acid groups (broad SMARTS) is 1. The zero-order valence-corrected chi connectivity index (χ0v) is 8.07. The third-order valence-corrected chi connectivity index (χ3v) is 1.97. The van der Waals surface area contributed by atoms with Crippen LogP contribution >= 0.6 is 0 Å². The van der Waals surface area contributed by atoms with Crippen LogP contribution < -0.4 is 0 Å². The molecule has 0 aromatic carbocycles. The van der Waals surface area contributed by atoms with Crippen LogP contribution in [0.2, 0.25) is 0 Å². The van der Waals surface area contributed by atoms with Crippen molar-refractivity contribution in [3.8, 4) is 5.82 Å². The van der Waals surface area contributed by atoms with Gasteiger partial charge in [-0.1, -0.05) is 0 Å². The van der Waals surface area contributed by atoms with Crippen molar-refractivity contribution in [2.45, 2.75) is 0 Å². The molecule has 0 aliphatic rings. The standard InChI is InChI=1S/C10H7N3O3/c14-6-7-1-2-9(11-3-7)13-5-8(4-12-13)10(15)16/h1-6H,(H,15,16). The molecule has 2 aromatic rings. The monoisotopic (exact) mass is 217 g/mol. The Morgan fingerprint density at radius 2 is 2.19 bits per heavy atom. The number of carbonyl (C=O) groups excluding carboxylic acids is 1. The van der Waals surface area contributed by atoms with Crippen molar-refractivity contribution in [2.75, 3.05) is 0 Å². The first-order valence-electron chi connectivity index (χ1n) is 4.40. The van der Waals surface area contributed by atoms with Crippen LogP contribution in [0.1, 0.15) is 20.7 Å². The highest BCUT2D eigenvalue weighted by atomic mass is 16.4. The Hall–Kier alpha value is -2.50. The molecule has 0 saturated heterocycles. The van der Waals surface area contributed by atoms with Crippen LogP contribution in [-0.4, -0.2) is 32.1 Å². The molecule has 0 atom stereocenters. The number of aromatic nitrogens is 3. The summed E-state index contributed by atoms with van der Waals surface area (Å²) in [6, 6.07) is 3.17. The topological polar surface area (TPSA) is 85.1 Å². The van der Waals surface area contributed by atoms with Gasteiger partial charge in [0.15, 0.2) is 12.1 Å². The molecule has 0 radical (unpaired) electrons. The average Bonchev–Trinajstić information content (AvgIpc) is 2.78. The van der Waals surface area contributed by atoms with Crippen molar-refractivity contribution in [1.82, 2.24) is 14.8 Å². The van der Waals surface area contributed by atoms with Crippen LogP contribution in [-0.2, 0) is 0 Å². The average molecular weight is 217 g/mol. The van der Waals surface area contributed by atoms with E-state index in [1.165, 1.54) is 23.3 Å². The molecule has 2 heterocycles. The molecule has 0 bridgehead atoms. The highest BCUT2D eigenvalue weighted by Crippen LogP contribution is 2.06. The number of nitrogens with zero attached hydrogens (tertiary/aromatic N) is 3. The summed E-state index contributed by atoms with van der Waals surface area (Å²) in [4.78, 5) is 25.0. The van der Waals surface area contributed by atoms with Crippen molar-refractivity contribution in [3.05, 3.63) is 41.9 Å². The Morgan fingerprint density at radius 1 is 1.38 bits per heavy atom. The molecule has 80 valence electrons. The van der Waals surface area contributed by atoms with Gasteiger partial charge in [-0.3, -0.25) is 4.79 Å². The maximum absolute atomic E-state index is 10.6. The lowest BCUT2D eigenvalue weighted by molar-refractivity contribution is 0.0696. The van der Waals surface area contributed by atoms with Gasteiger partial charge >= 0.3 is 5.97 Å². The third-order valence-electron chi connectivity index (χ3n) is 1.97. The summed E-state index contributed by atoms with van der Waals surface area (Å²) in [7, 11) is 0. The van der Waals surface area contributed by atoms with E-state index in [4.69, 9.17) is 5.11 Å². The lowest BCUT2D eigenvalue weighted by Crippen LogP contribution is -1.98. The van der Waals surface area contributed by atoms with Crippen LogP contribution in [0, 0.1) is 0 Å². The predicted octanol–water partition coefficient (Wildman–Crippen LogP) is 0.778. The van der Waals surface area contributed by atoms with Gasteiger partial charge in [-0.05, 0) is 12.1 Å². The molecule has 6 heteroatoms. The number of rotatable bonds is 3. The molecule has 0 amide bonds. The van der Waals surface area contributed by atoms with Crippen molar-refractivity contribution in [3.63, 3.8) is 0 Å². The lowest BCUT2D eigenvalue weighted by atomic mass is 10.3. The number of carboxylic acids is 1. The molecule has 16 heavy (non-hydrogen) atoms. The Bertz CT molecular complexity index is 530. The van der Waals surface area contributed by atoms with Crippen LogP contribution in [0.25, 0.3) is 5.82 Å². The first kappa shape index (κ1) is 10.0. The number of pyridine rings is 1. The number of hydrogen-bond acceptors (Lipinski definition) is 4. The minimum absolute atomic E-state index is 0.0845. The fourth-order valence-corrected chi connectivity index (χ4v) is 1.16. The molecule has 6 nitrogen and oxygen atoms in total. The van der Waals surface area contributed by atoms with E-state index in [-0.39, 0.29) is 5.56 Å². The van der Waals surface area contributed by atoms with Gasteiger partial charge in [0.05, 0.1) is 11.8 Å². The van der Waals surface area contributed by atoms with Gasteiger partial charge in [-0.2, -0.15) is 5.10 Å². The van der Waals surface area contributed by atoms with E-state index >= 15 is 0 Å². The van der Waals surface area contributed by atoms with E-state index in [1.54, 1.807) is 12.1 Å². The summed E-state index contributed by atoms with van der Waals surface area (Å²) in [6.07, 6.45) is 4.66. The second-order valence-corrected chi connectivity index (χ2v) is 3.05. The largest absolute Gasteiger partial charge is 0.478 e. The van der Waals surface area contributed by atoms with E-state index < -0.39 is 5.97 Å². The zero-order valence-electron chi connectivity index (χ0n) is 8.07. The van der Waals surface area contributed by atoms with E-state index in [0.717, 1.165) is 0 Å². The quantitative estimate of drug-likeness (QED) is 0.768. The Kier molecular flexibility index (Phi) is 2.47. The maximum Gasteiger partial charge on any atom is 0.338 e. The summed E-state index contributed by atoms with van der Waals surface area (Å²) in [6.45, 7) is 0. The van der Waals surface area contributed by atoms with E-state index in [0.29, 0.717) is 17.7 Å². The Labute approximate surface area is 90.2 Å². The van der Waals surface area contributed by atoms with Crippen molar-refractivity contribution in [2.24, 2.45) is 0 Å². The van der Waals surface area contributed by atoms with Crippen molar-refractivity contribution < 1.29 is 14.7 Å². The molecule has 2 rings (SSSR count). The minimum Gasteiger partial charge on any atom is -0.478 e. The van der Waals surface area contributed by atoms with E-state index in [2.05, 4.69) is 10.1 Å². The molecular weight excluding hydrogens is 210 g/mol. The highest BCUT2D eigenvalue weighted by Gasteiger charge is 2.07. The van der Waals surface area contributed by atoms with Crippen molar-refractivity contribution >= 4 is 12.3 Å². The number of aldehydes is 1. The normalized spacial score (nSPS) is 10.0. The molecule has 0 fully saturated rings. The summed E-state index contributed by atoms with van der Waals surface area (Å²) in [5.41, 5.74) is 0.538. The summed E-state index contributed by atoms with van der Waals surface area (Å²) >= 11 is 0. The summed E-state index contributed by atoms with van der Waals surface area (Å²) in [5.74, 6) is -0.589. The molecule has 1 N–H and O–H groups in total. The molecule has 0 spiro atoms. The number of aromatic carboxylic acids is 1. The van der Waals surface area contributed by atoms with Crippen LogP contribution in [0.4, 0.5) is 0 Å². The first-order chi connectivity index (χ1) is 7.70. The maximum atomic E-state index is 10.6. The fraction of sp³-hybridized carbons (Fsp3) is 0. The minimum atomic E-state index is -1.05. The van der Waals surface area contributed by atoms with Crippen LogP contribution in [0.5, 0.6) is 0 Å². The second-order valence-electron chi connectivity index (χ2n) is 3.05. The second kappa shape index (κ2) is 3.93. The third kappa shape index (κ3) is 1.81. The molecule has 0 saturated carbocycles. The van der Waals surface area contributed by atoms with Gasteiger partial charge in [0.2, 0.25) is 0 Å². The van der Waals surface area contributed by atoms with Gasteiger partial charge in [-0.25, -0.2) is 14.5 Å². The summed E-state index contributed by atoms with van der Waals surface area (Å²) in [5, 5.41) is 12.6. The first-order valence-corrected chi connectivity index (χ1v) is 4.40. The van der Waals surface area contributed by atoms with E-state index in [1.807, 2.05) is 0 Å². The smallest absolute Gasteiger partial charge is 0.338 e. The van der Waals surface area contributed by atoms with Gasteiger partial charge in [-0.15, -0.1) is 0 Å². The number of carbonyl (C=O) groups is 2. The molecule has 0 unspecified atom stereocenters. The number of hydrogen-bond donors (Lipinski definition) is 1. The van der Waals surface area contributed by atoms with Crippen LogP contribution in [0.15, 0.2) is 30.7 Å². The van der Waals surface area contributed by atoms with Gasteiger partial charge in [0, 0.05) is 18.0 Å². The van der Waals surface area contributed by atoms with Crippen LogP contribution in [0.3, 0.4) is 0 Å². The summed E-state index contributed by atoms with van der Waals surface area (Å²) < 4.78 is 1.33. The Morgan fingerprint density at radius 3 is 2.69 bits per heavy atom. The molecule has 0 aliphatic carbocycles. The fourth-order valence-electron chi connectivity index (χ4n) is 1.16. The SMILES string of the molecule is O=Cc1ccc(-n2cc(C(=O)O)cn2)nc1. The van der Waals surface area contributed by atoms with Gasteiger partial charge in [0.25, 0.3) is 0 Å². The van der Waals surface area contributed by atoms with Gasteiger partial charge < -0.3 is 5.11 Å². The van der Waals surface area contributed by atoms with Gasteiger partial charge in [0.1, 0.15) is 0 Å². The molecular formula is C10H7N3O3. The van der Waals surface area contributed by atoms with Crippen molar-refractivity contribution in [1.29, 1.82) is 0 Å². The molecule has 2 aromatic heterocycles. The lowest BCUT2D eigenvalue weighted by Gasteiger charge is -1.98. The Balaban J connectivity index is 2.35. The molecule has 0 aliphatic heterocycles.